The fourth-order valence-corrected chi connectivity index (χ4v) is 3.32. The highest BCUT2D eigenvalue weighted by Crippen LogP contribution is 2.16. The van der Waals surface area contributed by atoms with Gasteiger partial charge in [-0.15, -0.1) is 0 Å². The molecule has 1 aliphatic heterocycles. The number of nitrogens with zero attached hydrogens (tertiary/aromatic N) is 3. The van der Waals surface area contributed by atoms with E-state index in [4.69, 9.17) is 4.74 Å². The minimum absolute atomic E-state index is 0.0498. The predicted octanol–water partition coefficient (Wildman–Crippen LogP) is 2.33. The van der Waals surface area contributed by atoms with Crippen molar-refractivity contribution in [3.63, 3.8) is 0 Å². The van der Waals surface area contributed by atoms with Crippen LogP contribution in [0, 0.1) is 13.8 Å². The molecule has 0 atom stereocenters. The number of aromatic nitrogens is 2. The van der Waals surface area contributed by atoms with Crippen molar-refractivity contribution in [2.24, 2.45) is 0 Å². The normalized spacial score (nSPS) is 15.8. The van der Waals surface area contributed by atoms with E-state index in [1.165, 1.54) is 0 Å². The summed E-state index contributed by atoms with van der Waals surface area (Å²) in [6, 6.07) is 9.60. The molecule has 6 heteroatoms. The van der Waals surface area contributed by atoms with Gasteiger partial charge in [0.05, 0.1) is 24.6 Å². The Morgan fingerprint density at radius 2 is 1.85 bits per heavy atom. The number of morpholine rings is 1. The lowest BCUT2D eigenvalue weighted by molar-refractivity contribution is -0.00923. The number of amides is 1. The van der Waals surface area contributed by atoms with E-state index in [1.807, 2.05) is 48.9 Å². The highest BCUT2D eigenvalue weighted by Gasteiger charge is 2.28. The maximum absolute atomic E-state index is 12.5. The average molecular weight is 356 g/mol. The molecule has 3 rings (SSSR count). The molecule has 0 bridgehead atoms. The van der Waals surface area contributed by atoms with Crippen molar-refractivity contribution >= 4 is 5.91 Å². The van der Waals surface area contributed by atoms with Crippen LogP contribution in [-0.2, 0) is 4.74 Å². The summed E-state index contributed by atoms with van der Waals surface area (Å²) in [5, 5.41) is 7.54. The maximum Gasteiger partial charge on any atom is 0.251 e. The number of ether oxygens (including phenoxy) is 1. The Morgan fingerprint density at radius 1 is 1.19 bits per heavy atom. The molecule has 0 radical (unpaired) electrons. The van der Waals surface area contributed by atoms with Crippen molar-refractivity contribution in [2.45, 2.75) is 33.2 Å². The number of rotatable bonds is 5. The molecule has 1 aliphatic rings. The van der Waals surface area contributed by atoms with Crippen LogP contribution >= 0.6 is 0 Å². The Morgan fingerprint density at radius 3 is 2.42 bits per heavy atom. The molecule has 1 amide bonds. The zero-order valence-electron chi connectivity index (χ0n) is 16.1. The van der Waals surface area contributed by atoms with Gasteiger partial charge < -0.3 is 10.1 Å². The summed E-state index contributed by atoms with van der Waals surface area (Å²) in [7, 11) is 0. The zero-order valence-corrected chi connectivity index (χ0v) is 16.1. The van der Waals surface area contributed by atoms with Crippen LogP contribution < -0.4 is 5.32 Å². The number of aryl methyl sites for hydroxylation is 2. The van der Waals surface area contributed by atoms with Gasteiger partial charge in [0.1, 0.15) is 0 Å². The summed E-state index contributed by atoms with van der Waals surface area (Å²) in [5.74, 6) is -0.0498. The molecule has 0 saturated carbocycles. The quantitative estimate of drug-likeness (QED) is 0.893. The van der Waals surface area contributed by atoms with E-state index in [2.05, 4.69) is 29.2 Å². The Kier molecular flexibility index (Phi) is 5.44. The molecule has 1 aromatic heterocycles. The van der Waals surface area contributed by atoms with Crippen LogP contribution in [0.2, 0.25) is 0 Å². The van der Waals surface area contributed by atoms with E-state index in [0.29, 0.717) is 12.1 Å². The fraction of sp³-hybridized carbons (Fsp3) is 0.500. The van der Waals surface area contributed by atoms with Gasteiger partial charge in [0.2, 0.25) is 0 Å². The largest absolute Gasteiger partial charge is 0.379 e. The van der Waals surface area contributed by atoms with Gasteiger partial charge in [0, 0.05) is 36.4 Å². The van der Waals surface area contributed by atoms with Crippen LogP contribution in [0.4, 0.5) is 0 Å². The van der Waals surface area contributed by atoms with Gasteiger partial charge in [0.15, 0.2) is 0 Å². The van der Waals surface area contributed by atoms with Crippen LogP contribution in [-0.4, -0.2) is 59.0 Å². The molecular weight excluding hydrogens is 328 g/mol. The molecule has 1 aromatic carbocycles. The Hall–Kier alpha value is -2.18. The number of nitrogens with one attached hydrogen (secondary N) is 1. The number of carbonyl (C=O) groups is 1. The minimum atomic E-state index is -0.0942. The van der Waals surface area contributed by atoms with Gasteiger partial charge in [-0.2, -0.15) is 5.10 Å². The first-order valence-electron chi connectivity index (χ1n) is 9.11. The zero-order chi connectivity index (χ0) is 18.7. The minimum Gasteiger partial charge on any atom is -0.379 e. The van der Waals surface area contributed by atoms with Crippen molar-refractivity contribution in [1.29, 1.82) is 0 Å². The molecule has 0 unspecified atom stereocenters. The average Bonchev–Trinajstić information content (AvgIpc) is 2.99. The maximum atomic E-state index is 12.5. The SMILES string of the molecule is Cc1cc(C)n(-c2ccc(C(=O)NCC(C)(C)N3CCOCC3)cc2)n1. The second kappa shape index (κ2) is 7.60. The molecule has 0 spiro atoms. The topological polar surface area (TPSA) is 59.4 Å². The number of benzene rings is 1. The van der Waals surface area contributed by atoms with Crippen molar-refractivity contribution in [1.82, 2.24) is 20.0 Å². The molecule has 2 heterocycles. The third-order valence-electron chi connectivity index (χ3n) is 4.93. The van der Waals surface area contributed by atoms with E-state index in [9.17, 15) is 4.79 Å². The molecular formula is C20H28N4O2. The highest BCUT2D eigenvalue weighted by molar-refractivity contribution is 5.94. The number of hydrogen-bond donors (Lipinski definition) is 1. The lowest BCUT2D eigenvalue weighted by Crippen LogP contribution is -2.55. The summed E-state index contributed by atoms with van der Waals surface area (Å²) in [5.41, 5.74) is 3.58. The molecule has 1 saturated heterocycles. The standard InChI is InChI=1S/C20H28N4O2/c1-15-13-16(2)24(22-15)18-7-5-17(6-8-18)19(25)21-14-20(3,4)23-9-11-26-12-10-23/h5-8,13H,9-12,14H2,1-4H3,(H,21,25). The van der Waals surface area contributed by atoms with Gasteiger partial charge in [-0.1, -0.05) is 0 Å². The van der Waals surface area contributed by atoms with E-state index in [0.717, 1.165) is 43.4 Å². The molecule has 1 fully saturated rings. The smallest absolute Gasteiger partial charge is 0.251 e. The third kappa shape index (κ3) is 4.14. The summed E-state index contributed by atoms with van der Waals surface area (Å²) >= 11 is 0. The monoisotopic (exact) mass is 356 g/mol. The molecule has 26 heavy (non-hydrogen) atoms. The van der Waals surface area contributed by atoms with Gasteiger partial charge in [-0.3, -0.25) is 9.69 Å². The van der Waals surface area contributed by atoms with Gasteiger partial charge >= 0.3 is 0 Å². The Bertz CT molecular complexity index is 759. The van der Waals surface area contributed by atoms with E-state index in [1.54, 1.807) is 0 Å². The third-order valence-corrected chi connectivity index (χ3v) is 4.93. The van der Waals surface area contributed by atoms with Gasteiger partial charge in [-0.25, -0.2) is 4.68 Å². The lowest BCUT2D eigenvalue weighted by Gasteiger charge is -2.40. The van der Waals surface area contributed by atoms with Crippen molar-refractivity contribution in [2.75, 3.05) is 32.8 Å². The second-order valence-corrected chi connectivity index (χ2v) is 7.48. The summed E-state index contributed by atoms with van der Waals surface area (Å²) < 4.78 is 7.30. The first kappa shape index (κ1) is 18.6. The van der Waals surface area contributed by atoms with E-state index >= 15 is 0 Å². The van der Waals surface area contributed by atoms with E-state index < -0.39 is 0 Å². The van der Waals surface area contributed by atoms with Crippen LogP contribution in [0.1, 0.15) is 35.6 Å². The second-order valence-electron chi connectivity index (χ2n) is 7.48. The Labute approximate surface area is 155 Å². The van der Waals surface area contributed by atoms with Crippen LogP contribution in [0.3, 0.4) is 0 Å². The van der Waals surface area contributed by atoms with Crippen molar-refractivity contribution in [3.05, 3.63) is 47.3 Å². The first-order valence-corrected chi connectivity index (χ1v) is 9.11. The van der Waals surface area contributed by atoms with Crippen LogP contribution in [0.15, 0.2) is 30.3 Å². The lowest BCUT2D eigenvalue weighted by atomic mass is 10.0. The first-order chi connectivity index (χ1) is 12.4. The fourth-order valence-electron chi connectivity index (χ4n) is 3.32. The highest BCUT2D eigenvalue weighted by atomic mass is 16.5. The van der Waals surface area contributed by atoms with Crippen LogP contribution in [0.5, 0.6) is 0 Å². The van der Waals surface area contributed by atoms with Gasteiger partial charge in [-0.05, 0) is 58.0 Å². The summed E-state index contributed by atoms with van der Waals surface area (Å²) in [6.45, 7) is 12.2. The molecule has 140 valence electrons. The molecule has 6 nitrogen and oxygen atoms in total. The number of hydrogen-bond acceptors (Lipinski definition) is 4. The summed E-state index contributed by atoms with van der Waals surface area (Å²) in [6.07, 6.45) is 0. The predicted molar refractivity (Wildman–Crippen MR) is 102 cm³/mol. The number of carbonyl (C=O) groups excluding carboxylic acids is 1. The molecule has 2 aromatic rings. The summed E-state index contributed by atoms with van der Waals surface area (Å²) in [4.78, 5) is 14.9. The van der Waals surface area contributed by atoms with Crippen molar-refractivity contribution in [3.8, 4) is 5.69 Å². The van der Waals surface area contributed by atoms with Gasteiger partial charge in [0.25, 0.3) is 5.91 Å². The Balaban J connectivity index is 1.62. The van der Waals surface area contributed by atoms with Crippen molar-refractivity contribution < 1.29 is 9.53 Å². The molecule has 0 aliphatic carbocycles. The molecule has 1 N–H and O–H groups in total. The van der Waals surface area contributed by atoms with Crippen LogP contribution in [0.25, 0.3) is 5.69 Å². The van der Waals surface area contributed by atoms with E-state index in [-0.39, 0.29) is 11.4 Å².